The number of aryl methyl sites for hydroxylation is 1. The van der Waals surface area contributed by atoms with Crippen LogP contribution in [0.5, 0.6) is 0 Å². The SMILES string of the molecule is Cc1cc(Cl)c(C(=O)NC(CCO)C(C)C)cn1. The summed E-state index contributed by atoms with van der Waals surface area (Å²) in [6.07, 6.45) is 2.00. The highest BCUT2D eigenvalue weighted by Gasteiger charge is 2.18. The van der Waals surface area contributed by atoms with Gasteiger partial charge in [0, 0.05) is 24.5 Å². The number of nitrogens with one attached hydrogen (secondary N) is 1. The number of carbonyl (C=O) groups is 1. The summed E-state index contributed by atoms with van der Waals surface area (Å²) in [5, 5.41) is 12.2. The number of hydrogen-bond donors (Lipinski definition) is 2. The summed E-state index contributed by atoms with van der Waals surface area (Å²) in [6, 6.07) is 1.59. The van der Waals surface area contributed by atoms with E-state index in [1.54, 1.807) is 6.07 Å². The lowest BCUT2D eigenvalue weighted by atomic mass is 10.0. The minimum Gasteiger partial charge on any atom is -0.396 e. The molecule has 0 spiro atoms. The molecule has 0 radical (unpaired) electrons. The van der Waals surface area contributed by atoms with Crippen LogP contribution in [0, 0.1) is 12.8 Å². The average Bonchev–Trinajstić information content (AvgIpc) is 2.27. The molecule has 5 heteroatoms. The molecule has 1 unspecified atom stereocenters. The maximum absolute atomic E-state index is 12.0. The quantitative estimate of drug-likeness (QED) is 0.862. The van der Waals surface area contributed by atoms with Gasteiger partial charge in [-0.2, -0.15) is 0 Å². The van der Waals surface area contributed by atoms with Gasteiger partial charge in [-0.15, -0.1) is 0 Å². The summed E-state index contributed by atoms with van der Waals surface area (Å²) >= 11 is 6.01. The molecule has 0 saturated heterocycles. The predicted octanol–water partition coefficient (Wildman–Crippen LogP) is 2.18. The highest BCUT2D eigenvalue weighted by Crippen LogP contribution is 2.16. The largest absolute Gasteiger partial charge is 0.396 e. The van der Waals surface area contributed by atoms with Crippen molar-refractivity contribution in [2.45, 2.75) is 33.2 Å². The third-order valence-electron chi connectivity index (χ3n) is 2.80. The van der Waals surface area contributed by atoms with Gasteiger partial charge in [0.2, 0.25) is 0 Å². The smallest absolute Gasteiger partial charge is 0.254 e. The summed E-state index contributed by atoms with van der Waals surface area (Å²) < 4.78 is 0. The number of aliphatic hydroxyl groups excluding tert-OH is 1. The fourth-order valence-electron chi connectivity index (χ4n) is 1.65. The van der Waals surface area contributed by atoms with E-state index in [0.29, 0.717) is 17.0 Å². The number of nitrogens with zero attached hydrogens (tertiary/aromatic N) is 1. The van der Waals surface area contributed by atoms with Crippen LogP contribution >= 0.6 is 11.6 Å². The van der Waals surface area contributed by atoms with E-state index >= 15 is 0 Å². The second-order valence-electron chi connectivity index (χ2n) is 4.64. The number of aliphatic hydroxyl groups is 1. The summed E-state index contributed by atoms with van der Waals surface area (Å²) in [5.74, 6) is -0.00191. The monoisotopic (exact) mass is 270 g/mol. The lowest BCUT2D eigenvalue weighted by Gasteiger charge is -2.21. The number of hydrogen-bond acceptors (Lipinski definition) is 3. The normalized spacial score (nSPS) is 12.6. The van der Waals surface area contributed by atoms with Crippen molar-refractivity contribution >= 4 is 17.5 Å². The fraction of sp³-hybridized carbons (Fsp3) is 0.538. The van der Waals surface area contributed by atoms with E-state index in [0.717, 1.165) is 5.69 Å². The maximum atomic E-state index is 12.0. The van der Waals surface area contributed by atoms with Crippen LogP contribution < -0.4 is 5.32 Å². The molecule has 0 aliphatic heterocycles. The van der Waals surface area contributed by atoms with Gasteiger partial charge >= 0.3 is 0 Å². The van der Waals surface area contributed by atoms with Crippen molar-refractivity contribution in [3.8, 4) is 0 Å². The van der Waals surface area contributed by atoms with E-state index in [9.17, 15) is 4.79 Å². The number of halogens is 1. The van der Waals surface area contributed by atoms with Crippen LogP contribution in [0.2, 0.25) is 5.02 Å². The Morgan fingerprint density at radius 1 is 1.56 bits per heavy atom. The van der Waals surface area contributed by atoms with Gasteiger partial charge in [-0.3, -0.25) is 9.78 Å². The molecule has 1 amide bonds. The van der Waals surface area contributed by atoms with Gasteiger partial charge in [-0.25, -0.2) is 0 Å². The van der Waals surface area contributed by atoms with E-state index in [-0.39, 0.29) is 24.5 Å². The highest BCUT2D eigenvalue weighted by atomic mass is 35.5. The van der Waals surface area contributed by atoms with Crippen LogP contribution in [0.25, 0.3) is 0 Å². The second kappa shape index (κ2) is 6.71. The van der Waals surface area contributed by atoms with Gasteiger partial charge < -0.3 is 10.4 Å². The van der Waals surface area contributed by atoms with Crippen molar-refractivity contribution in [1.82, 2.24) is 10.3 Å². The van der Waals surface area contributed by atoms with Gasteiger partial charge in [-0.05, 0) is 25.3 Å². The maximum Gasteiger partial charge on any atom is 0.254 e. The molecule has 1 rings (SSSR count). The Morgan fingerprint density at radius 3 is 2.72 bits per heavy atom. The zero-order valence-corrected chi connectivity index (χ0v) is 11.7. The number of rotatable bonds is 5. The molecule has 0 fully saturated rings. The molecule has 0 aromatic carbocycles. The zero-order chi connectivity index (χ0) is 13.7. The van der Waals surface area contributed by atoms with Crippen molar-refractivity contribution in [3.05, 3.63) is 28.5 Å². The molecule has 1 aromatic heterocycles. The molecule has 0 saturated carbocycles. The van der Waals surface area contributed by atoms with Crippen molar-refractivity contribution in [2.75, 3.05) is 6.61 Å². The van der Waals surface area contributed by atoms with Crippen LogP contribution in [0.1, 0.15) is 36.3 Å². The van der Waals surface area contributed by atoms with E-state index in [2.05, 4.69) is 10.3 Å². The first kappa shape index (κ1) is 14.9. The third kappa shape index (κ3) is 3.96. The van der Waals surface area contributed by atoms with Crippen LogP contribution in [-0.2, 0) is 0 Å². The Bertz CT molecular complexity index is 421. The molecule has 4 nitrogen and oxygen atoms in total. The van der Waals surface area contributed by atoms with Crippen LogP contribution in [-0.4, -0.2) is 28.6 Å². The Hall–Kier alpha value is -1.13. The first-order valence-electron chi connectivity index (χ1n) is 5.99. The van der Waals surface area contributed by atoms with Crippen LogP contribution in [0.15, 0.2) is 12.3 Å². The number of carbonyl (C=O) groups excluding carboxylic acids is 1. The fourth-order valence-corrected chi connectivity index (χ4v) is 1.94. The Morgan fingerprint density at radius 2 is 2.22 bits per heavy atom. The Labute approximate surface area is 112 Å². The van der Waals surface area contributed by atoms with E-state index in [1.165, 1.54) is 6.20 Å². The first-order valence-corrected chi connectivity index (χ1v) is 6.37. The molecule has 0 aliphatic carbocycles. The number of pyridine rings is 1. The Kier molecular flexibility index (Phi) is 5.56. The van der Waals surface area contributed by atoms with E-state index < -0.39 is 0 Å². The van der Waals surface area contributed by atoms with Crippen LogP contribution in [0.3, 0.4) is 0 Å². The molecule has 0 bridgehead atoms. The van der Waals surface area contributed by atoms with Crippen molar-refractivity contribution < 1.29 is 9.90 Å². The zero-order valence-electron chi connectivity index (χ0n) is 10.9. The molecule has 0 aliphatic rings. The number of amides is 1. The summed E-state index contributed by atoms with van der Waals surface area (Å²) in [6.45, 7) is 5.85. The third-order valence-corrected chi connectivity index (χ3v) is 3.11. The second-order valence-corrected chi connectivity index (χ2v) is 5.05. The minimum absolute atomic E-state index is 0.0446. The molecule has 1 atom stereocenters. The average molecular weight is 271 g/mol. The van der Waals surface area contributed by atoms with E-state index in [1.807, 2.05) is 20.8 Å². The summed E-state index contributed by atoms with van der Waals surface area (Å²) in [7, 11) is 0. The van der Waals surface area contributed by atoms with Gasteiger partial charge in [0.25, 0.3) is 5.91 Å². The molecular weight excluding hydrogens is 252 g/mol. The molecule has 100 valence electrons. The molecule has 1 aromatic rings. The standard InChI is InChI=1S/C13H19ClN2O2/c1-8(2)12(4-5-17)16-13(18)10-7-15-9(3)6-11(10)14/h6-8,12,17H,4-5H2,1-3H3,(H,16,18). The topological polar surface area (TPSA) is 62.2 Å². The van der Waals surface area contributed by atoms with E-state index in [4.69, 9.17) is 16.7 Å². The Balaban J connectivity index is 2.80. The summed E-state index contributed by atoms with van der Waals surface area (Å²) in [4.78, 5) is 16.1. The van der Waals surface area contributed by atoms with Crippen LogP contribution in [0.4, 0.5) is 0 Å². The first-order chi connectivity index (χ1) is 8.45. The van der Waals surface area contributed by atoms with Crippen molar-refractivity contribution in [3.63, 3.8) is 0 Å². The van der Waals surface area contributed by atoms with Gasteiger partial charge in [-0.1, -0.05) is 25.4 Å². The molecule has 18 heavy (non-hydrogen) atoms. The minimum atomic E-state index is -0.250. The van der Waals surface area contributed by atoms with Gasteiger partial charge in [0.1, 0.15) is 0 Å². The lowest BCUT2D eigenvalue weighted by Crippen LogP contribution is -2.39. The molecule has 1 heterocycles. The summed E-state index contributed by atoms with van der Waals surface area (Å²) in [5.41, 5.74) is 1.14. The predicted molar refractivity (Wildman–Crippen MR) is 71.8 cm³/mol. The highest BCUT2D eigenvalue weighted by molar-refractivity contribution is 6.33. The van der Waals surface area contributed by atoms with Crippen molar-refractivity contribution in [2.24, 2.45) is 5.92 Å². The number of aromatic nitrogens is 1. The van der Waals surface area contributed by atoms with Gasteiger partial charge in [0.05, 0.1) is 10.6 Å². The molecular formula is C13H19ClN2O2. The van der Waals surface area contributed by atoms with Crippen molar-refractivity contribution in [1.29, 1.82) is 0 Å². The van der Waals surface area contributed by atoms with Gasteiger partial charge in [0.15, 0.2) is 0 Å². The molecule has 2 N–H and O–H groups in total. The lowest BCUT2D eigenvalue weighted by molar-refractivity contribution is 0.0916.